The van der Waals surface area contributed by atoms with Crippen molar-refractivity contribution in [1.29, 1.82) is 0 Å². The van der Waals surface area contributed by atoms with Gasteiger partial charge in [-0.15, -0.1) is 0 Å². The molecule has 7 nitrogen and oxygen atoms in total. The van der Waals surface area contributed by atoms with Gasteiger partial charge in [0.25, 0.3) is 0 Å². The number of methoxy groups -OCH3 is 1. The van der Waals surface area contributed by atoms with Crippen LogP contribution in [-0.2, 0) is 22.7 Å². The van der Waals surface area contributed by atoms with Crippen molar-refractivity contribution in [2.24, 2.45) is 5.92 Å². The molecule has 1 saturated heterocycles. The van der Waals surface area contributed by atoms with Crippen LogP contribution in [0.1, 0.15) is 12.2 Å². The predicted molar refractivity (Wildman–Crippen MR) is 109 cm³/mol. The standard InChI is InChI=1S/C22H22N4O3/c1-29-17-8-6-16(7-9-17)26-13-15(12-21(26)27)22(28)24-10-11-25-19-5-3-2-4-18(19)23-20(25)14-24/h2-9,15H,10-14H2,1H3. The molecule has 1 unspecified atom stereocenters. The minimum Gasteiger partial charge on any atom is -0.497 e. The predicted octanol–water partition coefficient (Wildman–Crippen LogP) is 2.44. The maximum Gasteiger partial charge on any atom is 0.228 e. The molecule has 0 saturated carbocycles. The Bertz CT molecular complexity index is 1090. The Morgan fingerprint density at radius 2 is 1.90 bits per heavy atom. The van der Waals surface area contributed by atoms with Crippen LogP contribution in [0.15, 0.2) is 48.5 Å². The Labute approximate surface area is 168 Å². The zero-order valence-electron chi connectivity index (χ0n) is 16.2. The van der Waals surface area contributed by atoms with E-state index in [1.165, 1.54) is 0 Å². The van der Waals surface area contributed by atoms with Gasteiger partial charge >= 0.3 is 0 Å². The highest BCUT2D eigenvalue weighted by Gasteiger charge is 2.38. The number of hydrogen-bond donors (Lipinski definition) is 0. The monoisotopic (exact) mass is 390 g/mol. The Kier molecular flexibility index (Phi) is 4.23. The number of hydrogen-bond acceptors (Lipinski definition) is 4. The van der Waals surface area contributed by atoms with E-state index in [9.17, 15) is 9.59 Å². The molecule has 0 radical (unpaired) electrons. The molecule has 0 N–H and O–H groups in total. The highest BCUT2D eigenvalue weighted by atomic mass is 16.5. The maximum atomic E-state index is 13.1. The normalized spacial score (nSPS) is 18.9. The molecule has 2 aromatic carbocycles. The number of para-hydroxylation sites is 2. The quantitative estimate of drug-likeness (QED) is 0.689. The third-order valence-electron chi connectivity index (χ3n) is 5.83. The molecule has 2 aliphatic rings. The Balaban J connectivity index is 1.31. The lowest BCUT2D eigenvalue weighted by atomic mass is 10.1. The molecule has 148 valence electrons. The van der Waals surface area contributed by atoms with Crippen molar-refractivity contribution in [3.8, 4) is 5.75 Å². The number of aromatic nitrogens is 2. The summed E-state index contributed by atoms with van der Waals surface area (Å²) in [6.07, 6.45) is 0.248. The number of anilines is 1. The second-order valence-corrected chi connectivity index (χ2v) is 7.53. The minimum absolute atomic E-state index is 0.0160. The molecule has 29 heavy (non-hydrogen) atoms. The first kappa shape index (κ1) is 17.7. The number of ether oxygens (including phenoxy) is 1. The van der Waals surface area contributed by atoms with Gasteiger partial charge < -0.3 is 19.1 Å². The van der Waals surface area contributed by atoms with Crippen LogP contribution in [0.2, 0.25) is 0 Å². The molecule has 7 heteroatoms. The van der Waals surface area contributed by atoms with E-state index < -0.39 is 0 Å². The van der Waals surface area contributed by atoms with Crippen molar-refractivity contribution < 1.29 is 14.3 Å². The van der Waals surface area contributed by atoms with Crippen molar-refractivity contribution in [3.05, 3.63) is 54.4 Å². The van der Waals surface area contributed by atoms with Crippen LogP contribution in [-0.4, -0.2) is 46.5 Å². The van der Waals surface area contributed by atoms with Gasteiger partial charge in [0.2, 0.25) is 11.8 Å². The van der Waals surface area contributed by atoms with E-state index in [2.05, 4.69) is 15.6 Å². The fraction of sp³-hybridized carbons (Fsp3) is 0.318. The third kappa shape index (κ3) is 3.03. The molecule has 0 aliphatic carbocycles. The van der Waals surface area contributed by atoms with Gasteiger partial charge in [-0.3, -0.25) is 9.59 Å². The minimum atomic E-state index is -0.319. The largest absolute Gasteiger partial charge is 0.497 e. The second kappa shape index (κ2) is 6.92. The maximum absolute atomic E-state index is 13.1. The van der Waals surface area contributed by atoms with Gasteiger partial charge in [0.15, 0.2) is 0 Å². The number of carbonyl (C=O) groups excluding carboxylic acids is 2. The number of benzene rings is 2. The lowest BCUT2D eigenvalue weighted by Gasteiger charge is -2.30. The summed E-state index contributed by atoms with van der Waals surface area (Å²) in [5, 5.41) is 0. The van der Waals surface area contributed by atoms with E-state index >= 15 is 0 Å². The summed E-state index contributed by atoms with van der Waals surface area (Å²) in [5.41, 5.74) is 2.86. The van der Waals surface area contributed by atoms with E-state index in [1.807, 2.05) is 47.4 Å². The first-order valence-corrected chi connectivity index (χ1v) is 9.81. The van der Waals surface area contributed by atoms with Crippen molar-refractivity contribution in [2.75, 3.05) is 25.1 Å². The summed E-state index contributed by atoms with van der Waals surface area (Å²) in [5.74, 6) is 1.34. The Morgan fingerprint density at radius 3 is 2.69 bits per heavy atom. The van der Waals surface area contributed by atoms with E-state index in [-0.39, 0.29) is 24.2 Å². The summed E-state index contributed by atoms with van der Waals surface area (Å²) in [6.45, 7) is 2.27. The lowest BCUT2D eigenvalue weighted by molar-refractivity contribution is -0.137. The molecule has 3 aromatic rings. The number of amides is 2. The molecule has 5 rings (SSSR count). The molecular formula is C22H22N4O3. The Morgan fingerprint density at radius 1 is 1.10 bits per heavy atom. The lowest BCUT2D eigenvalue weighted by Crippen LogP contribution is -2.42. The fourth-order valence-electron chi connectivity index (χ4n) is 4.30. The second-order valence-electron chi connectivity index (χ2n) is 7.53. The Hall–Kier alpha value is -3.35. The van der Waals surface area contributed by atoms with Crippen molar-refractivity contribution in [1.82, 2.24) is 14.5 Å². The third-order valence-corrected chi connectivity index (χ3v) is 5.83. The highest BCUT2D eigenvalue weighted by molar-refractivity contribution is 6.00. The van der Waals surface area contributed by atoms with Crippen LogP contribution in [0.4, 0.5) is 5.69 Å². The number of nitrogens with zero attached hydrogens (tertiary/aromatic N) is 4. The van der Waals surface area contributed by atoms with Gasteiger partial charge in [-0.05, 0) is 36.4 Å². The van der Waals surface area contributed by atoms with Crippen LogP contribution in [0.3, 0.4) is 0 Å². The topological polar surface area (TPSA) is 67.7 Å². The molecule has 1 aromatic heterocycles. The molecule has 0 spiro atoms. The molecule has 2 amide bonds. The number of rotatable bonds is 3. The first-order valence-electron chi connectivity index (χ1n) is 9.81. The highest BCUT2D eigenvalue weighted by Crippen LogP contribution is 2.29. The van der Waals surface area contributed by atoms with Gasteiger partial charge in [-0.2, -0.15) is 0 Å². The van der Waals surface area contributed by atoms with Crippen molar-refractivity contribution >= 4 is 28.5 Å². The summed E-state index contributed by atoms with van der Waals surface area (Å²) < 4.78 is 7.36. The van der Waals surface area contributed by atoms with E-state index in [1.54, 1.807) is 12.0 Å². The van der Waals surface area contributed by atoms with E-state index in [0.29, 0.717) is 19.6 Å². The SMILES string of the molecule is COc1ccc(N2CC(C(=O)N3CCn4c(nc5ccccc54)C3)CC2=O)cc1. The number of imidazole rings is 1. The van der Waals surface area contributed by atoms with E-state index in [0.717, 1.165) is 34.8 Å². The molecule has 3 heterocycles. The molecular weight excluding hydrogens is 368 g/mol. The summed E-state index contributed by atoms with van der Waals surface area (Å²) in [7, 11) is 1.61. The average Bonchev–Trinajstić information content (AvgIpc) is 3.33. The molecule has 2 aliphatic heterocycles. The summed E-state index contributed by atoms with van der Waals surface area (Å²) >= 11 is 0. The summed E-state index contributed by atoms with van der Waals surface area (Å²) in [4.78, 5) is 33.9. The molecule has 1 atom stereocenters. The van der Waals surface area contributed by atoms with Crippen LogP contribution >= 0.6 is 0 Å². The van der Waals surface area contributed by atoms with Gasteiger partial charge in [0, 0.05) is 31.7 Å². The molecule has 0 bridgehead atoms. The fourth-order valence-corrected chi connectivity index (χ4v) is 4.30. The van der Waals surface area contributed by atoms with Crippen molar-refractivity contribution in [3.63, 3.8) is 0 Å². The zero-order valence-corrected chi connectivity index (χ0v) is 16.2. The van der Waals surface area contributed by atoms with Crippen molar-refractivity contribution in [2.45, 2.75) is 19.5 Å². The van der Waals surface area contributed by atoms with Gasteiger partial charge in [-0.1, -0.05) is 12.1 Å². The molecule has 1 fully saturated rings. The van der Waals surface area contributed by atoms with Gasteiger partial charge in [0.1, 0.15) is 11.6 Å². The first-order chi connectivity index (χ1) is 14.1. The van der Waals surface area contributed by atoms with Gasteiger partial charge in [-0.25, -0.2) is 4.98 Å². The zero-order chi connectivity index (χ0) is 20.0. The van der Waals surface area contributed by atoms with Crippen LogP contribution in [0.5, 0.6) is 5.75 Å². The van der Waals surface area contributed by atoms with Crippen LogP contribution in [0, 0.1) is 5.92 Å². The van der Waals surface area contributed by atoms with Crippen LogP contribution < -0.4 is 9.64 Å². The van der Waals surface area contributed by atoms with E-state index in [4.69, 9.17) is 4.74 Å². The summed E-state index contributed by atoms with van der Waals surface area (Å²) in [6, 6.07) is 15.4. The number of carbonyl (C=O) groups is 2. The smallest absolute Gasteiger partial charge is 0.228 e. The van der Waals surface area contributed by atoms with Gasteiger partial charge in [0.05, 0.1) is 30.6 Å². The van der Waals surface area contributed by atoms with Crippen LogP contribution in [0.25, 0.3) is 11.0 Å². The number of fused-ring (bicyclic) bond motifs is 3. The average molecular weight is 390 g/mol.